The van der Waals surface area contributed by atoms with Gasteiger partial charge in [-0.3, -0.25) is 0 Å². The lowest BCUT2D eigenvalue weighted by molar-refractivity contribution is 0.306. The van der Waals surface area contributed by atoms with Crippen LogP contribution in [0.5, 0.6) is 46.0 Å². The van der Waals surface area contributed by atoms with Crippen molar-refractivity contribution < 1.29 is 37.9 Å². The summed E-state index contributed by atoms with van der Waals surface area (Å²) in [4.78, 5) is 0. The fraction of sp³-hybridized carbons (Fsp3) is 0.491. The first-order chi connectivity index (χ1) is 60.2. The van der Waals surface area contributed by atoms with Crippen LogP contribution in [0.3, 0.4) is 0 Å². The van der Waals surface area contributed by atoms with Crippen LogP contribution in [0.25, 0.3) is 10.8 Å². The van der Waals surface area contributed by atoms with Crippen LogP contribution in [0.2, 0.25) is 0 Å². The molecule has 0 N–H and O–H groups in total. The SMILES string of the molecule is CCCCCOc1ccc(CCc2c(CCc3ccc(OCCCCC)cc3)c(CCc3ccc(OCCCCC)cc3)c3c(CCc4ccc(OCCCCC)cc4)c(CCc4ccc(OCCCCC)cc4)c(CCc4ccc(OCCCCC)cc4)c(CCc4ccc(OCCCCC)cc4)c3c2CCc2ccc(OCCCCC)cc2)cc1. The van der Waals surface area contributed by atoms with E-state index >= 15 is 0 Å². The Morgan fingerprint density at radius 2 is 0.246 bits per heavy atom. The molecule has 0 saturated carbocycles. The van der Waals surface area contributed by atoms with Crippen molar-refractivity contribution in [2.24, 2.45) is 0 Å². The summed E-state index contributed by atoms with van der Waals surface area (Å²) < 4.78 is 51.7. The fourth-order valence-electron chi connectivity index (χ4n) is 17.1. The molecule has 0 spiro atoms. The molecule has 8 nitrogen and oxygen atoms in total. The zero-order valence-electron chi connectivity index (χ0n) is 76.7. The van der Waals surface area contributed by atoms with Gasteiger partial charge in [0.15, 0.2) is 0 Å². The van der Waals surface area contributed by atoms with Crippen molar-refractivity contribution in [2.45, 2.75) is 312 Å². The van der Waals surface area contributed by atoms with Gasteiger partial charge in [0.05, 0.1) is 52.9 Å². The van der Waals surface area contributed by atoms with Gasteiger partial charge < -0.3 is 37.9 Å². The first-order valence-corrected chi connectivity index (χ1v) is 48.6. The number of hydrogen-bond donors (Lipinski definition) is 0. The molecule has 0 atom stereocenters. The third-order valence-corrected chi connectivity index (χ3v) is 24.5. The van der Waals surface area contributed by atoms with E-state index in [0.29, 0.717) is 0 Å². The van der Waals surface area contributed by atoms with Crippen LogP contribution in [0, 0.1) is 0 Å². The van der Waals surface area contributed by atoms with Crippen molar-refractivity contribution in [3.8, 4) is 46.0 Å². The minimum atomic E-state index is 0.729. The molecule has 0 aromatic heterocycles. The van der Waals surface area contributed by atoms with Gasteiger partial charge in [-0.15, -0.1) is 0 Å². The van der Waals surface area contributed by atoms with Crippen molar-refractivity contribution in [1.82, 2.24) is 0 Å². The Morgan fingerprint density at radius 1 is 0.131 bits per heavy atom. The molecule has 0 amide bonds. The number of fused-ring (bicyclic) bond motifs is 1. The molecule has 10 rings (SSSR count). The molecule has 10 aromatic rings. The molecule has 0 aliphatic rings. The van der Waals surface area contributed by atoms with Crippen LogP contribution in [0.1, 0.15) is 299 Å². The summed E-state index contributed by atoms with van der Waals surface area (Å²) in [5.41, 5.74) is 22.7. The van der Waals surface area contributed by atoms with Gasteiger partial charge in [-0.05, 0) is 351 Å². The molecular weight excluding hydrogens is 1500 g/mol. The predicted octanol–water partition coefficient (Wildman–Crippen LogP) is 29.7. The summed E-state index contributed by atoms with van der Waals surface area (Å²) in [6.45, 7) is 23.9. The van der Waals surface area contributed by atoms with E-state index in [9.17, 15) is 0 Å². The molecule has 0 bridgehead atoms. The molecule has 0 fully saturated rings. The summed E-state index contributed by atoms with van der Waals surface area (Å²) in [6, 6.07) is 73.4. The Balaban J connectivity index is 1.29. The highest BCUT2D eigenvalue weighted by Crippen LogP contribution is 2.45. The fourth-order valence-corrected chi connectivity index (χ4v) is 17.1. The molecule has 656 valence electrons. The first kappa shape index (κ1) is 95.1. The van der Waals surface area contributed by atoms with Crippen molar-refractivity contribution in [3.63, 3.8) is 0 Å². The Bertz CT molecular complexity index is 3890. The lowest BCUT2D eigenvalue weighted by Gasteiger charge is -2.31. The third kappa shape index (κ3) is 32.5. The smallest absolute Gasteiger partial charge is 0.119 e. The minimum Gasteiger partial charge on any atom is -0.494 e. The van der Waals surface area contributed by atoms with Crippen molar-refractivity contribution in [3.05, 3.63) is 283 Å². The van der Waals surface area contributed by atoms with E-state index in [1.807, 2.05) is 0 Å². The number of benzene rings is 10. The Kier molecular flexibility index (Phi) is 43.6. The molecule has 0 heterocycles. The maximum atomic E-state index is 6.47. The van der Waals surface area contributed by atoms with Crippen LogP contribution in [0.15, 0.2) is 194 Å². The van der Waals surface area contributed by atoms with Gasteiger partial charge in [0.25, 0.3) is 0 Å². The molecular formula is C114H152O8. The van der Waals surface area contributed by atoms with E-state index in [0.717, 1.165) is 356 Å². The molecule has 10 aromatic carbocycles. The average Bonchev–Trinajstić information content (AvgIpc) is 0.718. The Labute approximate surface area is 738 Å². The lowest BCUT2D eigenvalue weighted by atomic mass is 9.73. The van der Waals surface area contributed by atoms with Crippen LogP contribution in [-0.4, -0.2) is 52.9 Å². The van der Waals surface area contributed by atoms with Crippen molar-refractivity contribution in [1.29, 1.82) is 0 Å². The van der Waals surface area contributed by atoms with Gasteiger partial charge in [-0.2, -0.15) is 0 Å². The van der Waals surface area contributed by atoms with E-state index in [1.54, 1.807) is 0 Å². The normalized spacial score (nSPS) is 11.4. The van der Waals surface area contributed by atoms with Gasteiger partial charge in [0.2, 0.25) is 0 Å². The van der Waals surface area contributed by atoms with E-state index in [-0.39, 0.29) is 0 Å². The number of unbranched alkanes of at least 4 members (excludes halogenated alkanes) is 16. The highest BCUT2D eigenvalue weighted by Gasteiger charge is 2.29. The quantitative estimate of drug-likeness (QED) is 0.0349. The predicted molar refractivity (Wildman–Crippen MR) is 515 cm³/mol. The van der Waals surface area contributed by atoms with Crippen LogP contribution in [-0.2, 0) is 103 Å². The van der Waals surface area contributed by atoms with Crippen LogP contribution in [0.4, 0.5) is 0 Å². The third-order valence-electron chi connectivity index (χ3n) is 24.5. The second-order valence-electron chi connectivity index (χ2n) is 34.2. The molecule has 0 aliphatic carbocycles. The largest absolute Gasteiger partial charge is 0.494 e. The van der Waals surface area contributed by atoms with Crippen LogP contribution < -0.4 is 37.9 Å². The van der Waals surface area contributed by atoms with E-state index < -0.39 is 0 Å². The number of ether oxygens (including phenoxy) is 8. The Hall–Kier alpha value is -9.14. The standard InChI is InChI=1S/C114H152O8/c1-9-17-25-81-115-97-57-33-89(34-58-97)49-73-105-106(74-50-90-35-59-98(60-36-90)116-82-26-18-10-2)110(78-54-94-43-67-102(68-44-94)120-86-30-22-14-6)114-112(80-56-96-47-71-104(72-48-96)122-88-32-24-16-8)108(76-52-92-39-63-100(64-40-92)118-84-28-20-12-4)107(75-51-91-37-61-99(62-38-91)117-83-27-19-11-3)111(79-55-95-45-69-103(70-46-95)121-87-31-23-15-7)113(114)109(105)77-53-93-41-65-101(66-42-93)119-85-29-21-13-5/h33-48,57-72H,9-32,49-56,73-88H2,1-8H3. The molecule has 122 heavy (non-hydrogen) atoms. The second-order valence-corrected chi connectivity index (χ2v) is 34.2. The van der Waals surface area contributed by atoms with Gasteiger partial charge in [0, 0.05) is 0 Å². The highest BCUT2D eigenvalue weighted by atomic mass is 16.5. The van der Waals surface area contributed by atoms with E-state index in [2.05, 4.69) is 250 Å². The monoisotopic (exact) mass is 1650 g/mol. The molecule has 0 radical (unpaired) electrons. The summed E-state index contributed by atoms with van der Waals surface area (Å²) in [7, 11) is 0. The molecule has 0 unspecified atom stereocenters. The van der Waals surface area contributed by atoms with E-state index in [4.69, 9.17) is 37.9 Å². The molecule has 8 heteroatoms. The average molecular weight is 1650 g/mol. The number of hydrogen-bond acceptors (Lipinski definition) is 8. The maximum absolute atomic E-state index is 6.47. The first-order valence-electron chi connectivity index (χ1n) is 48.6. The maximum Gasteiger partial charge on any atom is 0.119 e. The molecule has 0 aliphatic heterocycles. The molecule has 0 saturated heterocycles. The van der Waals surface area contributed by atoms with Crippen LogP contribution >= 0.6 is 0 Å². The zero-order chi connectivity index (χ0) is 85.2. The summed E-state index contributed by atoms with van der Waals surface area (Å²) in [5, 5.41) is 2.98. The topological polar surface area (TPSA) is 73.8 Å². The Morgan fingerprint density at radius 3 is 0.361 bits per heavy atom. The number of rotatable bonds is 64. The number of aryl methyl sites for hydroxylation is 12. The van der Waals surface area contributed by atoms with Crippen molar-refractivity contribution >= 4 is 10.8 Å². The van der Waals surface area contributed by atoms with Gasteiger partial charge >= 0.3 is 0 Å². The van der Waals surface area contributed by atoms with E-state index in [1.165, 1.54) is 99.8 Å². The summed E-state index contributed by atoms with van der Waals surface area (Å²) >= 11 is 0. The van der Waals surface area contributed by atoms with Gasteiger partial charge in [0.1, 0.15) is 46.0 Å². The minimum absolute atomic E-state index is 0.729. The zero-order valence-corrected chi connectivity index (χ0v) is 76.7. The summed E-state index contributed by atoms with van der Waals surface area (Å²) in [5.74, 6) is 7.56. The summed E-state index contributed by atoms with van der Waals surface area (Å²) in [6.07, 6.45) is 41.1. The highest BCUT2D eigenvalue weighted by molar-refractivity contribution is 5.99. The van der Waals surface area contributed by atoms with Gasteiger partial charge in [-0.25, -0.2) is 0 Å². The lowest BCUT2D eigenvalue weighted by Crippen LogP contribution is -2.17. The second kappa shape index (κ2) is 55.9. The van der Waals surface area contributed by atoms with Crippen molar-refractivity contribution in [2.75, 3.05) is 52.9 Å². The van der Waals surface area contributed by atoms with Gasteiger partial charge in [-0.1, -0.05) is 255 Å².